The normalized spacial score (nSPS) is 11.8. The Balaban J connectivity index is 2.48. The highest BCUT2D eigenvalue weighted by Gasteiger charge is 2.30. The molecule has 0 saturated carbocycles. The van der Waals surface area contributed by atoms with Gasteiger partial charge in [0.25, 0.3) is 0 Å². The second kappa shape index (κ2) is 5.36. The Bertz CT molecular complexity index is 434. The molecule has 2 rings (SSSR count). The van der Waals surface area contributed by atoms with E-state index in [4.69, 9.17) is 4.74 Å². The summed E-state index contributed by atoms with van der Waals surface area (Å²) in [5, 5.41) is 0. The smallest absolute Gasteiger partial charge is 0.116 e. The minimum atomic E-state index is -0.392. The highest BCUT2D eigenvalue weighted by Crippen LogP contribution is 2.34. The van der Waals surface area contributed by atoms with E-state index in [0.29, 0.717) is 0 Å². The molecular formula is C17H20O. The van der Waals surface area contributed by atoms with E-state index >= 15 is 0 Å². The first-order valence-corrected chi connectivity index (χ1v) is 6.42. The standard InChI is InChI=1S/C17H20O/c1-14(2)18-17(3,15-10-6-4-7-11-15)16-12-8-5-9-13-16/h4-14H,1-3H3. The van der Waals surface area contributed by atoms with Gasteiger partial charge in [-0.2, -0.15) is 0 Å². The zero-order valence-electron chi connectivity index (χ0n) is 11.3. The minimum Gasteiger partial charge on any atom is -0.363 e. The number of rotatable bonds is 4. The molecule has 0 unspecified atom stereocenters. The molecule has 0 fully saturated rings. The van der Waals surface area contributed by atoms with E-state index in [0.717, 1.165) is 0 Å². The van der Waals surface area contributed by atoms with Crippen LogP contribution in [0.25, 0.3) is 0 Å². The van der Waals surface area contributed by atoms with Crippen molar-refractivity contribution in [2.24, 2.45) is 0 Å². The van der Waals surface area contributed by atoms with Crippen molar-refractivity contribution in [3.63, 3.8) is 0 Å². The lowest BCUT2D eigenvalue weighted by Crippen LogP contribution is -2.30. The molecular weight excluding hydrogens is 220 g/mol. The summed E-state index contributed by atoms with van der Waals surface area (Å²) in [6.45, 7) is 6.28. The van der Waals surface area contributed by atoms with Gasteiger partial charge in [0.1, 0.15) is 5.60 Å². The van der Waals surface area contributed by atoms with Gasteiger partial charge in [-0.15, -0.1) is 0 Å². The lowest BCUT2D eigenvalue weighted by Gasteiger charge is -2.33. The van der Waals surface area contributed by atoms with Crippen LogP contribution < -0.4 is 0 Å². The number of benzene rings is 2. The summed E-state index contributed by atoms with van der Waals surface area (Å²) in [6, 6.07) is 20.8. The molecule has 0 saturated heterocycles. The predicted molar refractivity (Wildman–Crippen MR) is 75.6 cm³/mol. The Morgan fingerprint density at radius 2 is 1.17 bits per heavy atom. The third-order valence-corrected chi connectivity index (χ3v) is 3.12. The van der Waals surface area contributed by atoms with Crippen molar-refractivity contribution < 1.29 is 4.74 Å². The zero-order valence-corrected chi connectivity index (χ0v) is 11.3. The summed E-state index contributed by atoms with van der Waals surface area (Å²) >= 11 is 0. The molecule has 0 aliphatic heterocycles. The molecule has 0 amide bonds. The van der Waals surface area contributed by atoms with Crippen LogP contribution in [-0.2, 0) is 10.3 Å². The second-order valence-corrected chi connectivity index (χ2v) is 4.93. The maximum atomic E-state index is 6.21. The van der Waals surface area contributed by atoms with Crippen LogP contribution in [-0.4, -0.2) is 6.10 Å². The fourth-order valence-electron chi connectivity index (χ4n) is 2.29. The Kier molecular flexibility index (Phi) is 3.83. The fourth-order valence-corrected chi connectivity index (χ4v) is 2.29. The van der Waals surface area contributed by atoms with Crippen molar-refractivity contribution in [2.75, 3.05) is 0 Å². The molecule has 0 heterocycles. The Morgan fingerprint density at radius 3 is 1.50 bits per heavy atom. The average molecular weight is 240 g/mol. The maximum Gasteiger partial charge on any atom is 0.116 e. The minimum absolute atomic E-state index is 0.176. The van der Waals surface area contributed by atoms with Crippen LogP contribution >= 0.6 is 0 Å². The Morgan fingerprint density at radius 1 is 0.778 bits per heavy atom. The molecule has 0 atom stereocenters. The second-order valence-electron chi connectivity index (χ2n) is 4.93. The summed E-state index contributed by atoms with van der Waals surface area (Å²) in [4.78, 5) is 0. The van der Waals surface area contributed by atoms with Crippen LogP contribution in [0.1, 0.15) is 31.9 Å². The summed E-state index contributed by atoms with van der Waals surface area (Å²) < 4.78 is 6.21. The van der Waals surface area contributed by atoms with Gasteiger partial charge in [0.05, 0.1) is 6.10 Å². The molecule has 0 aliphatic rings. The Hall–Kier alpha value is -1.60. The number of hydrogen-bond donors (Lipinski definition) is 0. The molecule has 1 heteroatoms. The lowest BCUT2D eigenvalue weighted by atomic mass is 9.88. The molecule has 1 nitrogen and oxygen atoms in total. The van der Waals surface area contributed by atoms with Crippen molar-refractivity contribution >= 4 is 0 Å². The van der Waals surface area contributed by atoms with Gasteiger partial charge in [-0.1, -0.05) is 60.7 Å². The molecule has 2 aromatic carbocycles. The summed E-state index contributed by atoms with van der Waals surface area (Å²) in [7, 11) is 0. The molecule has 0 aliphatic carbocycles. The molecule has 0 bridgehead atoms. The lowest BCUT2D eigenvalue weighted by molar-refractivity contribution is -0.0444. The molecule has 94 valence electrons. The van der Waals surface area contributed by atoms with Gasteiger partial charge in [-0.05, 0) is 31.9 Å². The number of ether oxygens (including phenoxy) is 1. The molecule has 18 heavy (non-hydrogen) atoms. The van der Waals surface area contributed by atoms with Gasteiger partial charge < -0.3 is 4.74 Å². The molecule has 0 aromatic heterocycles. The van der Waals surface area contributed by atoms with Crippen molar-refractivity contribution in [1.82, 2.24) is 0 Å². The first kappa shape index (κ1) is 12.8. The van der Waals surface area contributed by atoms with Crippen LogP contribution in [0.5, 0.6) is 0 Å². The van der Waals surface area contributed by atoms with Crippen LogP contribution in [0, 0.1) is 0 Å². The van der Waals surface area contributed by atoms with Crippen LogP contribution in [0.15, 0.2) is 60.7 Å². The van der Waals surface area contributed by atoms with E-state index in [9.17, 15) is 0 Å². The fraction of sp³-hybridized carbons (Fsp3) is 0.294. The van der Waals surface area contributed by atoms with Crippen molar-refractivity contribution in [3.8, 4) is 0 Å². The molecule has 0 spiro atoms. The molecule has 2 aromatic rings. The van der Waals surface area contributed by atoms with Gasteiger partial charge in [0.2, 0.25) is 0 Å². The first-order chi connectivity index (χ1) is 8.63. The highest BCUT2D eigenvalue weighted by molar-refractivity contribution is 5.35. The van der Waals surface area contributed by atoms with Gasteiger partial charge in [0.15, 0.2) is 0 Å². The van der Waals surface area contributed by atoms with Gasteiger partial charge >= 0.3 is 0 Å². The summed E-state index contributed by atoms with van der Waals surface area (Å²) in [6.07, 6.45) is 0.176. The largest absolute Gasteiger partial charge is 0.363 e. The topological polar surface area (TPSA) is 9.23 Å². The predicted octanol–water partition coefficient (Wildman–Crippen LogP) is 4.38. The van der Waals surface area contributed by atoms with Gasteiger partial charge in [-0.25, -0.2) is 0 Å². The van der Waals surface area contributed by atoms with E-state index in [-0.39, 0.29) is 6.10 Å². The third-order valence-electron chi connectivity index (χ3n) is 3.12. The van der Waals surface area contributed by atoms with Crippen molar-refractivity contribution in [3.05, 3.63) is 71.8 Å². The maximum absolute atomic E-state index is 6.21. The number of hydrogen-bond acceptors (Lipinski definition) is 1. The average Bonchev–Trinajstić information content (AvgIpc) is 2.40. The first-order valence-electron chi connectivity index (χ1n) is 6.42. The van der Waals surface area contributed by atoms with Crippen LogP contribution in [0.2, 0.25) is 0 Å². The van der Waals surface area contributed by atoms with E-state index in [1.807, 2.05) is 12.1 Å². The van der Waals surface area contributed by atoms with Gasteiger partial charge in [-0.3, -0.25) is 0 Å². The zero-order chi connectivity index (χ0) is 13.0. The summed E-state index contributed by atoms with van der Waals surface area (Å²) in [5.41, 5.74) is 1.98. The molecule has 0 radical (unpaired) electrons. The van der Waals surface area contributed by atoms with E-state index in [2.05, 4.69) is 69.3 Å². The third kappa shape index (κ3) is 2.62. The van der Waals surface area contributed by atoms with Crippen LogP contribution in [0.3, 0.4) is 0 Å². The van der Waals surface area contributed by atoms with Crippen molar-refractivity contribution in [1.29, 1.82) is 0 Å². The quantitative estimate of drug-likeness (QED) is 0.770. The van der Waals surface area contributed by atoms with E-state index < -0.39 is 5.60 Å². The van der Waals surface area contributed by atoms with E-state index in [1.165, 1.54) is 11.1 Å². The Labute approximate surface area is 109 Å². The van der Waals surface area contributed by atoms with Gasteiger partial charge in [0, 0.05) is 0 Å². The van der Waals surface area contributed by atoms with E-state index in [1.54, 1.807) is 0 Å². The summed E-state index contributed by atoms with van der Waals surface area (Å²) in [5.74, 6) is 0. The SMILES string of the molecule is CC(C)OC(C)(c1ccccc1)c1ccccc1. The van der Waals surface area contributed by atoms with Crippen LogP contribution in [0.4, 0.5) is 0 Å². The van der Waals surface area contributed by atoms with Crippen molar-refractivity contribution in [2.45, 2.75) is 32.5 Å². The monoisotopic (exact) mass is 240 g/mol. The molecule has 0 N–H and O–H groups in total. The highest BCUT2D eigenvalue weighted by atomic mass is 16.5.